The van der Waals surface area contributed by atoms with Crippen LogP contribution in [0.4, 0.5) is 11.4 Å². The van der Waals surface area contributed by atoms with Gasteiger partial charge in [0.15, 0.2) is 0 Å². The van der Waals surface area contributed by atoms with Gasteiger partial charge in [0.2, 0.25) is 0 Å². The molecule has 0 saturated heterocycles. The second-order valence-electron chi connectivity index (χ2n) is 7.77. The van der Waals surface area contributed by atoms with E-state index in [1.165, 1.54) is 54.6 Å². The molecule has 4 aromatic rings. The van der Waals surface area contributed by atoms with Crippen molar-refractivity contribution >= 4 is 60.2 Å². The highest BCUT2D eigenvalue weighted by atomic mass is 79.9. The van der Waals surface area contributed by atoms with E-state index in [2.05, 4.69) is 15.9 Å². The molecule has 0 N–H and O–H groups in total. The van der Waals surface area contributed by atoms with Crippen LogP contribution in [0.5, 0.6) is 0 Å². The standard InChI is InChI=1S/C25H19BrN2O8S/c1-3-35-25(30)23-15(2)36-22-13-10-19(14-21(22)23)27(37(33,34)20-11-6-17(26)7-12-20)24(29)16-4-8-18(9-5-16)28(31)32/h4-14H,3H2,1-2H3. The number of nitro benzene ring substituents is 1. The van der Waals surface area contributed by atoms with Crippen molar-refractivity contribution < 1.29 is 32.1 Å². The van der Waals surface area contributed by atoms with Gasteiger partial charge in [0.05, 0.1) is 22.1 Å². The van der Waals surface area contributed by atoms with Gasteiger partial charge < -0.3 is 9.15 Å². The number of hydrogen-bond acceptors (Lipinski definition) is 8. The fraction of sp³-hybridized carbons (Fsp3) is 0.120. The van der Waals surface area contributed by atoms with Gasteiger partial charge in [-0.2, -0.15) is 4.31 Å². The summed E-state index contributed by atoms with van der Waals surface area (Å²) >= 11 is 3.26. The lowest BCUT2D eigenvalue weighted by molar-refractivity contribution is -0.384. The highest BCUT2D eigenvalue weighted by Crippen LogP contribution is 2.34. The Hall–Kier alpha value is -4.03. The van der Waals surface area contributed by atoms with Crippen LogP contribution in [-0.4, -0.2) is 31.8 Å². The number of anilines is 1. The molecule has 0 atom stereocenters. The molecule has 3 aromatic carbocycles. The quantitative estimate of drug-likeness (QED) is 0.154. The number of halogens is 1. The number of esters is 1. The van der Waals surface area contributed by atoms with Crippen molar-refractivity contribution in [2.24, 2.45) is 0 Å². The first kappa shape index (κ1) is 26.0. The maximum atomic E-state index is 13.8. The van der Waals surface area contributed by atoms with Crippen molar-refractivity contribution in [3.63, 3.8) is 0 Å². The minimum absolute atomic E-state index is 0.0647. The Morgan fingerprint density at radius 3 is 2.30 bits per heavy atom. The molecule has 4 rings (SSSR count). The molecule has 0 bridgehead atoms. The van der Waals surface area contributed by atoms with E-state index in [9.17, 15) is 28.1 Å². The Kier molecular flexibility index (Phi) is 7.14. The van der Waals surface area contributed by atoms with Crippen molar-refractivity contribution in [1.82, 2.24) is 0 Å². The zero-order chi connectivity index (χ0) is 26.9. The van der Waals surface area contributed by atoms with Crippen molar-refractivity contribution in [1.29, 1.82) is 0 Å². The van der Waals surface area contributed by atoms with Crippen LogP contribution in [0.3, 0.4) is 0 Å². The summed E-state index contributed by atoms with van der Waals surface area (Å²) in [6.45, 7) is 3.34. The molecule has 0 aliphatic heterocycles. The van der Waals surface area contributed by atoms with Crippen molar-refractivity contribution in [3.8, 4) is 0 Å². The number of nitro groups is 1. The van der Waals surface area contributed by atoms with Crippen LogP contribution in [-0.2, 0) is 14.8 Å². The smallest absolute Gasteiger partial charge is 0.342 e. The van der Waals surface area contributed by atoms with Gasteiger partial charge in [-0.05, 0) is 68.4 Å². The molecule has 0 aliphatic carbocycles. The molecule has 37 heavy (non-hydrogen) atoms. The SMILES string of the molecule is CCOC(=O)c1c(C)oc2ccc(N(C(=O)c3ccc([N+](=O)[O-])cc3)S(=O)(=O)c3ccc(Br)cc3)cc12. The summed E-state index contributed by atoms with van der Waals surface area (Å²) in [5.41, 5.74) is -0.00529. The third-order valence-corrected chi connectivity index (χ3v) is 7.68. The molecule has 0 unspecified atom stereocenters. The summed E-state index contributed by atoms with van der Waals surface area (Å²) < 4.78 is 39.5. The van der Waals surface area contributed by atoms with Crippen molar-refractivity contribution in [2.45, 2.75) is 18.7 Å². The van der Waals surface area contributed by atoms with Crippen LogP contribution < -0.4 is 4.31 Å². The second kappa shape index (κ2) is 10.1. The fourth-order valence-electron chi connectivity index (χ4n) is 3.71. The van der Waals surface area contributed by atoms with Gasteiger partial charge in [0.25, 0.3) is 21.6 Å². The molecule has 0 saturated carbocycles. The van der Waals surface area contributed by atoms with Gasteiger partial charge >= 0.3 is 5.97 Å². The number of aryl methyl sites for hydroxylation is 1. The number of hydrogen-bond donors (Lipinski definition) is 0. The monoisotopic (exact) mass is 586 g/mol. The lowest BCUT2D eigenvalue weighted by Gasteiger charge is -2.23. The van der Waals surface area contributed by atoms with E-state index in [1.807, 2.05) is 0 Å². The molecule has 0 fully saturated rings. The predicted octanol–water partition coefficient (Wildman–Crippen LogP) is 5.62. The zero-order valence-corrected chi connectivity index (χ0v) is 21.9. The number of ether oxygens (including phenoxy) is 1. The second-order valence-corrected chi connectivity index (χ2v) is 10.5. The molecule has 1 amide bonds. The van der Waals surface area contributed by atoms with Crippen LogP contribution in [0.1, 0.15) is 33.4 Å². The third-order valence-electron chi connectivity index (χ3n) is 5.42. The number of carbonyl (C=O) groups excluding carboxylic acids is 2. The molecular weight excluding hydrogens is 568 g/mol. The van der Waals surface area contributed by atoms with Gasteiger partial charge in [-0.15, -0.1) is 0 Å². The molecule has 1 aromatic heterocycles. The topological polar surface area (TPSA) is 137 Å². The first-order valence-corrected chi connectivity index (χ1v) is 13.1. The average Bonchev–Trinajstić information content (AvgIpc) is 3.19. The number of benzene rings is 3. The lowest BCUT2D eigenvalue weighted by atomic mass is 10.1. The lowest BCUT2D eigenvalue weighted by Crippen LogP contribution is -2.37. The Labute approximate surface area is 219 Å². The van der Waals surface area contributed by atoms with E-state index in [1.54, 1.807) is 13.8 Å². The maximum Gasteiger partial charge on any atom is 0.342 e. The van der Waals surface area contributed by atoms with Gasteiger partial charge in [-0.1, -0.05) is 15.9 Å². The van der Waals surface area contributed by atoms with E-state index >= 15 is 0 Å². The fourth-order valence-corrected chi connectivity index (χ4v) is 5.38. The average molecular weight is 587 g/mol. The third kappa shape index (κ3) is 4.98. The van der Waals surface area contributed by atoms with Crippen LogP contribution >= 0.6 is 15.9 Å². The first-order chi connectivity index (χ1) is 17.5. The number of rotatable bonds is 7. The Morgan fingerprint density at radius 2 is 1.70 bits per heavy atom. The van der Waals surface area contributed by atoms with Gasteiger partial charge in [0.1, 0.15) is 16.9 Å². The maximum absolute atomic E-state index is 13.8. The number of furan rings is 1. The number of non-ortho nitro benzene ring substituents is 1. The Balaban J connectivity index is 1.92. The first-order valence-electron chi connectivity index (χ1n) is 10.8. The molecule has 10 nitrogen and oxygen atoms in total. The van der Waals surface area contributed by atoms with Crippen LogP contribution in [0.2, 0.25) is 0 Å². The van der Waals surface area contributed by atoms with Gasteiger partial charge in [-0.3, -0.25) is 14.9 Å². The largest absolute Gasteiger partial charge is 0.462 e. The Bertz CT molecular complexity index is 1630. The zero-order valence-electron chi connectivity index (χ0n) is 19.5. The molecule has 0 aliphatic rings. The Morgan fingerprint density at radius 1 is 1.05 bits per heavy atom. The summed E-state index contributed by atoms with van der Waals surface area (Å²) in [5.74, 6) is -1.33. The van der Waals surface area contributed by atoms with E-state index < -0.39 is 26.8 Å². The van der Waals surface area contributed by atoms with Crippen LogP contribution in [0, 0.1) is 17.0 Å². The van der Waals surface area contributed by atoms with Crippen molar-refractivity contribution in [2.75, 3.05) is 10.9 Å². The van der Waals surface area contributed by atoms with E-state index in [0.29, 0.717) is 14.4 Å². The predicted molar refractivity (Wildman–Crippen MR) is 138 cm³/mol. The number of amides is 1. The normalized spacial score (nSPS) is 11.3. The minimum Gasteiger partial charge on any atom is -0.462 e. The molecule has 190 valence electrons. The van der Waals surface area contributed by atoms with E-state index in [0.717, 1.165) is 12.1 Å². The number of nitrogens with zero attached hydrogens (tertiary/aromatic N) is 2. The number of sulfonamides is 1. The highest BCUT2D eigenvalue weighted by Gasteiger charge is 2.33. The highest BCUT2D eigenvalue weighted by molar-refractivity contribution is 9.10. The summed E-state index contributed by atoms with van der Waals surface area (Å²) in [6.07, 6.45) is 0. The van der Waals surface area contributed by atoms with E-state index in [4.69, 9.17) is 9.15 Å². The molecular formula is C25H19BrN2O8S. The van der Waals surface area contributed by atoms with Crippen LogP contribution in [0.15, 0.2) is 80.5 Å². The molecule has 1 heterocycles. The van der Waals surface area contributed by atoms with Gasteiger partial charge in [-0.25, -0.2) is 13.2 Å². The van der Waals surface area contributed by atoms with Crippen LogP contribution in [0.25, 0.3) is 11.0 Å². The molecule has 12 heteroatoms. The summed E-state index contributed by atoms with van der Waals surface area (Å²) in [4.78, 5) is 36.4. The van der Waals surface area contributed by atoms with Gasteiger partial charge in [0, 0.05) is 27.6 Å². The molecule has 0 radical (unpaired) electrons. The summed E-state index contributed by atoms with van der Waals surface area (Å²) in [5, 5.41) is 11.3. The van der Waals surface area contributed by atoms with Crippen molar-refractivity contribution in [3.05, 3.63) is 98.2 Å². The number of carbonyl (C=O) groups is 2. The minimum atomic E-state index is -4.47. The van der Waals surface area contributed by atoms with E-state index in [-0.39, 0.29) is 45.2 Å². The summed E-state index contributed by atoms with van der Waals surface area (Å²) in [7, 11) is -4.47. The number of fused-ring (bicyclic) bond motifs is 1. The summed E-state index contributed by atoms with van der Waals surface area (Å²) in [6, 6.07) is 14.5. The molecule has 0 spiro atoms.